The fourth-order valence-corrected chi connectivity index (χ4v) is 1.94. The molecule has 0 aromatic heterocycles. The Kier molecular flexibility index (Phi) is 4.15. The van der Waals surface area contributed by atoms with Gasteiger partial charge in [-0.1, -0.05) is 0 Å². The number of rotatable bonds is 2. The fourth-order valence-electron chi connectivity index (χ4n) is 1.94. The van der Waals surface area contributed by atoms with Gasteiger partial charge in [0.15, 0.2) is 0 Å². The summed E-state index contributed by atoms with van der Waals surface area (Å²) in [7, 11) is 0. The number of nitrogens with two attached hydrogens (primary N) is 2. The van der Waals surface area contributed by atoms with Gasteiger partial charge in [-0.05, 0) is 33.6 Å². The molecule has 1 aliphatic rings. The van der Waals surface area contributed by atoms with E-state index in [1.54, 1.807) is 4.90 Å². The van der Waals surface area contributed by atoms with Gasteiger partial charge in [-0.2, -0.15) is 0 Å². The summed E-state index contributed by atoms with van der Waals surface area (Å²) in [6.07, 6.45) is 1.61. The van der Waals surface area contributed by atoms with Crippen molar-refractivity contribution in [2.24, 2.45) is 11.5 Å². The molecule has 1 saturated heterocycles. The molecule has 0 spiro atoms. The zero-order valence-electron chi connectivity index (χ0n) is 10.4. The van der Waals surface area contributed by atoms with Gasteiger partial charge in [0.05, 0.1) is 6.04 Å². The molecule has 1 rings (SSSR count). The number of hydrogen-bond donors (Lipinski definition) is 2. The Morgan fingerprint density at radius 2 is 2.19 bits per heavy atom. The summed E-state index contributed by atoms with van der Waals surface area (Å²) in [5.74, 6) is 0. The first-order valence-corrected chi connectivity index (χ1v) is 5.80. The lowest BCUT2D eigenvalue weighted by Gasteiger charge is -2.31. The van der Waals surface area contributed by atoms with Crippen LogP contribution in [0.5, 0.6) is 0 Å². The smallest absolute Gasteiger partial charge is 0.410 e. The minimum Gasteiger partial charge on any atom is -0.444 e. The van der Waals surface area contributed by atoms with Gasteiger partial charge in [0.2, 0.25) is 0 Å². The molecular weight excluding hydrogens is 206 g/mol. The van der Waals surface area contributed by atoms with E-state index < -0.39 is 5.60 Å². The third-order valence-corrected chi connectivity index (χ3v) is 2.69. The molecule has 0 bridgehead atoms. The number of nitrogens with zero attached hydrogens (tertiary/aromatic N) is 1. The summed E-state index contributed by atoms with van der Waals surface area (Å²) in [5, 5.41) is 0. The number of carbonyl (C=O) groups is 1. The molecule has 0 aromatic carbocycles. The molecule has 2 atom stereocenters. The van der Waals surface area contributed by atoms with E-state index in [4.69, 9.17) is 16.2 Å². The molecule has 1 amide bonds. The fraction of sp³-hybridized carbons (Fsp3) is 0.909. The lowest BCUT2D eigenvalue weighted by molar-refractivity contribution is 0.0209. The zero-order valence-corrected chi connectivity index (χ0v) is 10.4. The van der Waals surface area contributed by atoms with E-state index in [1.165, 1.54) is 0 Å². The van der Waals surface area contributed by atoms with Gasteiger partial charge in [-0.25, -0.2) is 4.79 Å². The highest BCUT2D eigenvalue weighted by Crippen LogP contribution is 2.22. The molecule has 94 valence electrons. The van der Waals surface area contributed by atoms with E-state index in [1.807, 2.05) is 20.8 Å². The second-order valence-corrected chi connectivity index (χ2v) is 5.28. The maximum atomic E-state index is 11.9. The maximum Gasteiger partial charge on any atom is 0.410 e. The number of ether oxygens (including phenoxy) is 1. The van der Waals surface area contributed by atoms with E-state index in [0.717, 1.165) is 12.8 Å². The first-order chi connectivity index (χ1) is 7.35. The highest BCUT2D eigenvalue weighted by Gasteiger charge is 2.34. The van der Waals surface area contributed by atoms with Crippen molar-refractivity contribution >= 4 is 6.09 Å². The molecule has 1 aliphatic heterocycles. The van der Waals surface area contributed by atoms with E-state index in [2.05, 4.69) is 0 Å². The second kappa shape index (κ2) is 5.01. The van der Waals surface area contributed by atoms with Crippen LogP contribution in [0.25, 0.3) is 0 Å². The lowest BCUT2D eigenvalue weighted by Crippen LogP contribution is -2.51. The Bertz CT molecular complexity index is 250. The number of likely N-dealkylation sites (tertiary alicyclic amines) is 1. The first kappa shape index (κ1) is 13.3. The Labute approximate surface area is 97.1 Å². The van der Waals surface area contributed by atoms with Crippen molar-refractivity contribution in [3.8, 4) is 0 Å². The van der Waals surface area contributed by atoms with Gasteiger partial charge in [0.25, 0.3) is 0 Å². The van der Waals surface area contributed by atoms with Crippen molar-refractivity contribution in [1.82, 2.24) is 4.90 Å². The molecule has 5 heteroatoms. The molecule has 1 heterocycles. The summed E-state index contributed by atoms with van der Waals surface area (Å²) in [6.45, 7) is 6.69. The SMILES string of the molecule is CC(C)(C)OC(=O)N1CCCC1C(N)CN. The van der Waals surface area contributed by atoms with E-state index in [9.17, 15) is 4.79 Å². The molecule has 0 radical (unpaired) electrons. The molecule has 1 fully saturated rings. The van der Waals surface area contributed by atoms with Crippen LogP contribution in [-0.2, 0) is 4.74 Å². The van der Waals surface area contributed by atoms with Crippen LogP contribution in [0.1, 0.15) is 33.6 Å². The van der Waals surface area contributed by atoms with Crippen LogP contribution >= 0.6 is 0 Å². The van der Waals surface area contributed by atoms with Gasteiger partial charge in [-0.3, -0.25) is 0 Å². The van der Waals surface area contributed by atoms with Gasteiger partial charge < -0.3 is 21.1 Å². The predicted octanol–water partition coefficient (Wildman–Crippen LogP) is 0.672. The molecule has 2 unspecified atom stereocenters. The Hall–Kier alpha value is -0.810. The van der Waals surface area contributed by atoms with E-state index >= 15 is 0 Å². The van der Waals surface area contributed by atoms with Crippen LogP contribution < -0.4 is 11.5 Å². The summed E-state index contributed by atoms with van der Waals surface area (Å²) >= 11 is 0. The first-order valence-electron chi connectivity index (χ1n) is 5.80. The van der Waals surface area contributed by atoms with E-state index in [0.29, 0.717) is 13.1 Å². The standard InChI is InChI=1S/C11H23N3O2/c1-11(2,3)16-10(15)14-6-4-5-9(14)8(13)7-12/h8-9H,4-7,12-13H2,1-3H3. The van der Waals surface area contributed by atoms with Crippen molar-refractivity contribution in [2.75, 3.05) is 13.1 Å². The Morgan fingerprint density at radius 1 is 1.56 bits per heavy atom. The lowest BCUT2D eigenvalue weighted by atomic mass is 10.1. The zero-order chi connectivity index (χ0) is 12.3. The average molecular weight is 229 g/mol. The van der Waals surface area contributed by atoms with Crippen LogP contribution in [0, 0.1) is 0 Å². The molecule has 16 heavy (non-hydrogen) atoms. The maximum absolute atomic E-state index is 11.9. The third-order valence-electron chi connectivity index (χ3n) is 2.69. The van der Waals surface area contributed by atoms with Gasteiger partial charge in [0, 0.05) is 19.1 Å². The van der Waals surface area contributed by atoms with Crippen molar-refractivity contribution < 1.29 is 9.53 Å². The molecule has 4 N–H and O–H groups in total. The predicted molar refractivity (Wildman–Crippen MR) is 63.0 cm³/mol. The summed E-state index contributed by atoms with van der Waals surface area (Å²) in [4.78, 5) is 13.6. The normalized spacial score (nSPS) is 23.3. The largest absolute Gasteiger partial charge is 0.444 e. The molecule has 5 nitrogen and oxygen atoms in total. The number of amides is 1. The topological polar surface area (TPSA) is 81.6 Å². The minimum atomic E-state index is -0.461. The van der Waals surface area contributed by atoms with Gasteiger partial charge in [0.1, 0.15) is 5.60 Å². The number of hydrogen-bond acceptors (Lipinski definition) is 4. The van der Waals surface area contributed by atoms with Gasteiger partial charge in [-0.15, -0.1) is 0 Å². The molecule has 0 saturated carbocycles. The Morgan fingerprint density at radius 3 is 2.69 bits per heavy atom. The summed E-state index contributed by atoms with van der Waals surface area (Å²) in [5.41, 5.74) is 11.0. The molecule has 0 aliphatic carbocycles. The van der Waals surface area contributed by atoms with Crippen LogP contribution in [0.3, 0.4) is 0 Å². The minimum absolute atomic E-state index is 0.0276. The second-order valence-electron chi connectivity index (χ2n) is 5.28. The van der Waals surface area contributed by atoms with Crippen molar-refractivity contribution in [3.05, 3.63) is 0 Å². The Balaban J connectivity index is 2.61. The quantitative estimate of drug-likeness (QED) is 0.729. The average Bonchev–Trinajstić information content (AvgIpc) is 2.62. The van der Waals surface area contributed by atoms with Crippen LogP contribution in [0.15, 0.2) is 0 Å². The monoisotopic (exact) mass is 229 g/mol. The highest BCUT2D eigenvalue weighted by molar-refractivity contribution is 5.69. The van der Waals surface area contributed by atoms with Crippen molar-refractivity contribution in [2.45, 2.75) is 51.3 Å². The van der Waals surface area contributed by atoms with E-state index in [-0.39, 0.29) is 18.2 Å². The third kappa shape index (κ3) is 3.35. The van der Waals surface area contributed by atoms with Crippen molar-refractivity contribution in [1.29, 1.82) is 0 Å². The molecule has 0 aromatic rings. The highest BCUT2D eigenvalue weighted by atomic mass is 16.6. The van der Waals surface area contributed by atoms with Gasteiger partial charge >= 0.3 is 6.09 Å². The molecular formula is C11H23N3O2. The van der Waals surface area contributed by atoms with Crippen molar-refractivity contribution in [3.63, 3.8) is 0 Å². The summed E-state index contributed by atoms with van der Waals surface area (Å²) < 4.78 is 5.34. The van der Waals surface area contributed by atoms with Crippen LogP contribution in [0.4, 0.5) is 4.79 Å². The summed E-state index contributed by atoms with van der Waals surface area (Å²) in [6, 6.07) is -0.130. The van der Waals surface area contributed by atoms with Crippen LogP contribution in [0.2, 0.25) is 0 Å². The van der Waals surface area contributed by atoms with Crippen LogP contribution in [-0.4, -0.2) is 41.8 Å². The number of carbonyl (C=O) groups excluding carboxylic acids is 1.